The zero-order valence-corrected chi connectivity index (χ0v) is 10.7. The normalized spacial score (nSPS) is 10.2. The smallest absolute Gasteiger partial charge is 0.128 e. The molecule has 1 rings (SSSR count). The van der Waals surface area contributed by atoms with Gasteiger partial charge in [0.05, 0.1) is 0 Å². The Bertz CT molecular complexity index is 339. The van der Waals surface area contributed by atoms with Crippen molar-refractivity contribution in [1.29, 1.82) is 0 Å². The molecule has 0 unspecified atom stereocenters. The topological polar surface area (TPSA) is 16.1 Å². The fraction of sp³-hybridized carbons (Fsp3) is 0.500. The summed E-state index contributed by atoms with van der Waals surface area (Å²) in [7, 11) is 0. The van der Waals surface area contributed by atoms with Crippen molar-refractivity contribution in [2.24, 2.45) is 0 Å². The van der Waals surface area contributed by atoms with Crippen LogP contribution in [0.5, 0.6) is 0 Å². The molecule has 0 N–H and O–H groups in total. The minimum atomic E-state index is 1.06. The number of aryl methyl sites for hydroxylation is 1. The Hall–Kier alpha value is -1.31. The van der Waals surface area contributed by atoms with E-state index < -0.39 is 0 Å². The summed E-state index contributed by atoms with van der Waals surface area (Å²) in [6.45, 7) is 12.4. The van der Waals surface area contributed by atoms with Gasteiger partial charge in [0.15, 0.2) is 0 Å². The fourth-order valence-corrected chi connectivity index (χ4v) is 1.83. The van der Waals surface area contributed by atoms with E-state index in [-0.39, 0.29) is 0 Å². The number of hydrogen-bond donors (Lipinski definition) is 0. The first-order valence-corrected chi connectivity index (χ1v) is 6.08. The fourth-order valence-electron chi connectivity index (χ4n) is 1.83. The second-order valence-corrected chi connectivity index (χ2v) is 4.04. The quantitative estimate of drug-likeness (QED) is 0.724. The second-order valence-electron chi connectivity index (χ2n) is 4.04. The predicted molar refractivity (Wildman–Crippen MR) is 71.9 cm³/mol. The van der Waals surface area contributed by atoms with Crippen LogP contribution in [0.25, 0.3) is 6.08 Å². The van der Waals surface area contributed by atoms with E-state index >= 15 is 0 Å². The van der Waals surface area contributed by atoms with E-state index in [4.69, 9.17) is 0 Å². The Balaban J connectivity index is 2.91. The minimum Gasteiger partial charge on any atom is -0.357 e. The molecule has 0 atom stereocenters. The number of hydrogen-bond acceptors (Lipinski definition) is 2. The van der Waals surface area contributed by atoms with Crippen LogP contribution in [0, 0.1) is 6.92 Å². The standard InChI is InChI=1S/C14H22N2/c1-5-10-16(11-6-2)14-9-8-13(7-3)12(4)15-14/h7-9H,3,5-6,10-11H2,1-2,4H3. The van der Waals surface area contributed by atoms with Crippen molar-refractivity contribution >= 4 is 11.9 Å². The lowest BCUT2D eigenvalue weighted by Gasteiger charge is -2.23. The van der Waals surface area contributed by atoms with Gasteiger partial charge in [0.25, 0.3) is 0 Å². The average Bonchev–Trinajstić information content (AvgIpc) is 2.28. The molecule has 0 saturated heterocycles. The highest BCUT2D eigenvalue weighted by molar-refractivity contribution is 5.53. The molecule has 2 heteroatoms. The van der Waals surface area contributed by atoms with Gasteiger partial charge in [-0.3, -0.25) is 0 Å². The molecule has 1 heterocycles. The maximum absolute atomic E-state index is 4.64. The van der Waals surface area contributed by atoms with Gasteiger partial charge in [-0.05, 0) is 37.5 Å². The van der Waals surface area contributed by atoms with Crippen molar-refractivity contribution in [3.05, 3.63) is 30.0 Å². The van der Waals surface area contributed by atoms with Crippen LogP contribution in [0.3, 0.4) is 0 Å². The van der Waals surface area contributed by atoms with Crippen LogP contribution in [0.4, 0.5) is 5.82 Å². The molecule has 2 nitrogen and oxygen atoms in total. The molecule has 0 spiro atoms. The molecular formula is C14H22N2. The number of nitrogens with zero attached hydrogens (tertiary/aromatic N) is 2. The van der Waals surface area contributed by atoms with Gasteiger partial charge in [-0.25, -0.2) is 4.98 Å². The number of aromatic nitrogens is 1. The maximum atomic E-state index is 4.64. The van der Waals surface area contributed by atoms with Gasteiger partial charge in [-0.15, -0.1) is 0 Å². The van der Waals surface area contributed by atoms with Gasteiger partial charge >= 0.3 is 0 Å². The van der Waals surface area contributed by atoms with E-state index in [1.54, 1.807) is 0 Å². The summed E-state index contributed by atoms with van der Waals surface area (Å²) in [6.07, 6.45) is 4.17. The lowest BCUT2D eigenvalue weighted by Crippen LogP contribution is -2.26. The first-order valence-electron chi connectivity index (χ1n) is 6.08. The lowest BCUT2D eigenvalue weighted by molar-refractivity contribution is 0.733. The van der Waals surface area contributed by atoms with Crippen molar-refractivity contribution in [3.8, 4) is 0 Å². The number of pyridine rings is 1. The molecule has 0 bridgehead atoms. The Morgan fingerprint density at radius 2 is 1.88 bits per heavy atom. The Morgan fingerprint density at radius 1 is 1.25 bits per heavy atom. The van der Waals surface area contributed by atoms with Crippen molar-refractivity contribution in [3.63, 3.8) is 0 Å². The Labute approximate surface area is 99.0 Å². The summed E-state index contributed by atoms with van der Waals surface area (Å²) in [6, 6.07) is 4.19. The first kappa shape index (κ1) is 12.8. The van der Waals surface area contributed by atoms with Gasteiger partial charge in [-0.1, -0.05) is 26.5 Å². The molecule has 0 saturated carbocycles. The van der Waals surface area contributed by atoms with Crippen molar-refractivity contribution in [1.82, 2.24) is 4.98 Å². The van der Waals surface area contributed by atoms with Crippen LogP contribution in [0.15, 0.2) is 18.7 Å². The van der Waals surface area contributed by atoms with Gasteiger partial charge in [0.2, 0.25) is 0 Å². The first-order chi connectivity index (χ1) is 7.72. The minimum absolute atomic E-state index is 1.06. The number of anilines is 1. The zero-order valence-electron chi connectivity index (χ0n) is 10.7. The second kappa shape index (κ2) is 6.31. The van der Waals surface area contributed by atoms with E-state index in [0.717, 1.165) is 43.0 Å². The third-order valence-corrected chi connectivity index (χ3v) is 2.64. The highest BCUT2D eigenvalue weighted by Crippen LogP contribution is 2.16. The molecule has 88 valence electrons. The molecule has 16 heavy (non-hydrogen) atoms. The van der Waals surface area contributed by atoms with Crippen LogP contribution >= 0.6 is 0 Å². The SMILES string of the molecule is C=Cc1ccc(N(CCC)CCC)nc1C. The molecule has 0 amide bonds. The van der Waals surface area contributed by atoms with Crippen molar-refractivity contribution in [2.75, 3.05) is 18.0 Å². The molecule has 0 radical (unpaired) electrons. The van der Waals surface area contributed by atoms with E-state index in [0.29, 0.717) is 0 Å². The molecule has 1 aromatic rings. The van der Waals surface area contributed by atoms with Crippen molar-refractivity contribution in [2.45, 2.75) is 33.6 Å². The monoisotopic (exact) mass is 218 g/mol. The van der Waals surface area contributed by atoms with E-state index in [1.807, 2.05) is 13.0 Å². The van der Waals surface area contributed by atoms with Gasteiger partial charge in [0.1, 0.15) is 5.82 Å². The summed E-state index contributed by atoms with van der Waals surface area (Å²) < 4.78 is 0. The highest BCUT2D eigenvalue weighted by atomic mass is 15.2. The highest BCUT2D eigenvalue weighted by Gasteiger charge is 2.06. The van der Waals surface area contributed by atoms with Gasteiger partial charge in [-0.2, -0.15) is 0 Å². The van der Waals surface area contributed by atoms with Crippen molar-refractivity contribution < 1.29 is 0 Å². The van der Waals surface area contributed by atoms with Gasteiger partial charge in [0, 0.05) is 18.8 Å². The van der Waals surface area contributed by atoms with E-state index in [1.165, 1.54) is 0 Å². The molecule has 0 aliphatic rings. The molecule has 0 aliphatic carbocycles. The van der Waals surface area contributed by atoms with Crippen LogP contribution in [0.2, 0.25) is 0 Å². The lowest BCUT2D eigenvalue weighted by atomic mass is 10.2. The number of rotatable bonds is 6. The van der Waals surface area contributed by atoms with Crippen LogP contribution in [0.1, 0.15) is 37.9 Å². The summed E-state index contributed by atoms with van der Waals surface area (Å²) in [4.78, 5) is 6.98. The Kier molecular flexibility index (Phi) is 5.03. The third kappa shape index (κ3) is 3.09. The molecule has 0 fully saturated rings. The molecule has 0 aliphatic heterocycles. The van der Waals surface area contributed by atoms with Gasteiger partial charge < -0.3 is 4.90 Å². The van der Waals surface area contributed by atoms with E-state index in [2.05, 4.69) is 42.4 Å². The van der Waals surface area contributed by atoms with E-state index in [9.17, 15) is 0 Å². The summed E-state index contributed by atoms with van der Waals surface area (Å²) in [5, 5.41) is 0. The molecular weight excluding hydrogens is 196 g/mol. The summed E-state index contributed by atoms with van der Waals surface area (Å²) in [5.41, 5.74) is 2.18. The molecule has 0 aromatic carbocycles. The summed E-state index contributed by atoms with van der Waals surface area (Å²) >= 11 is 0. The predicted octanol–water partition coefficient (Wildman–Crippen LogP) is 3.66. The third-order valence-electron chi connectivity index (χ3n) is 2.64. The van der Waals surface area contributed by atoms with Crippen LogP contribution in [-0.2, 0) is 0 Å². The van der Waals surface area contributed by atoms with Crippen LogP contribution < -0.4 is 4.90 Å². The molecule has 1 aromatic heterocycles. The largest absolute Gasteiger partial charge is 0.357 e. The zero-order chi connectivity index (χ0) is 12.0. The Morgan fingerprint density at radius 3 is 2.31 bits per heavy atom. The summed E-state index contributed by atoms with van der Waals surface area (Å²) in [5.74, 6) is 1.09. The maximum Gasteiger partial charge on any atom is 0.128 e. The van der Waals surface area contributed by atoms with Crippen LogP contribution in [-0.4, -0.2) is 18.1 Å². The average molecular weight is 218 g/mol.